The number of aliphatic hydroxyl groups is 2. The van der Waals surface area contributed by atoms with Crippen LogP contribution in [0.15, 0.2) is 0 Å². The number of aliphatic hydroxyl groups excluding tert-OH is 2. The molecule has 0 aromatic carbocycles. The summed E-state index contributed by atoms with van der Waals surface area (Å²) in [5.41, 5.74) is 0.377. The van der Waals surface area contributed by atoms with Gasteiger partial charge >= 0.3 is 16.2 Å². The molecule has 4 aliphatic carbocycles. The fraction of sp³-hybridized carbons (Fsp3) is 0.969. The molecule has 5 aliphatic rings. The average molecular weight is 596 g/mol. The number of nitrogens with zero attached hydrogens (tertiary/aromatic N) is 1. The third kappa shape index (κ3) is 5.37. The van der Waals surface area contributed by atoms with Crippen molar-refractivity contribution in [1.29, 1.82) is 0 Å². The van der Waals surface area contributed by atoms with Gasteiger partial charge in [0.1, 0.15) is 0 Å². The number of hydrogen-bond acceptors (Lipinski definition) is 5. The molecule has 4 saturated carbocycles. The Morgan fingerprint density at radius 3 is 2.24 bits per heavy atom. The lowest BCUT2D eigenvalue weighted by atomic mass is 9.41. The second-order valence-electron chi connectivity index (χ2n) is 15.4. The van der Waals surface area contributed by atoms with E-state index in [0.717, 1.165) is 64.2 Å². The molecule has 0 radical (unpaired) electrons. The monoisotopic (exact) mass is 595 g/mol. The van der Waals surface area contributed by atoms with Crippen molar-refractivity contribution in [3.05, 3.63) is 0 Å². The maximum absolute atomic E-state index is 12.8. The second kappa shape index (κ2) is 11.6. The lowest BCUT2D eigenvalue weighted by Gasteiger charge is -2.64. The lowest BCUT2D eigenvalue weighted by molar-refractivity contribution is -0.203. The summed E-state index contributed by atoms with van der Waals surface area (Å²) in [5, 5.41) is 25.3. The van der Waals surface area contributed by atoms with E-state index in [1.54, 1.807) is 0 Å². The van der Waals surface area contributed by atoms with Gasteiger partial charge in [-0.3, -0.25) is 0 Å². The normalized spacial score (nSPS) is 47.2. The molecule has 41 heavy (non-hydrogen) atoms. The van der Waals surface area contributed by atoms with Crippen molar-refractivity contribution in [2.24, 2.45) is 52.3 Å². The van der Waals surface area contributed by atoms with Crippen LogP contribution in [-0.4, -0.2) is 59.8 Å². The zero-order valence-corrected chi connectivity index (χ0v) is 27.1. The van der Waals surface area contributed by atoms with Gasteiger partial charge in [-0.15, -0.1) is 0 Å². The minimum absolute atomic E-state index is 0.102. The Bertz CT molecular complexity index is 1060. The molecule has 0 aromatic heterocycles. The number of carbonyl (C=O) groups is 1. The van der Waals surface area contributed by atoms with Gasteiger partial charge in [-0.25, -0.2) is 9.52 Å². The van der Waals surface area contributed by atoms with Crippen LogP contribution in [0.3, 0.4) is 0 Å². The number of urea groups is 1. The fourth-order valence-electron chi connectivity index (χ4n) is 11.4. The topological polar surface area (TPSA) is 119 Å². The van der Waals surface area contributed by atoms with Crippen LogP contribution >= 0.6 is 0 Å². The van der Waals surface area contributed by atoms with Gasteiger partial charge in [0, 0.05) is 18.6 Å². The minimum Gasteiger partial charge on any atom is -0.393 e. The highest BCUT2D eigenvalue weighted by Crippen LogP contribution is 2.69. The van der Waals surface area contributed by atoms with E-state index in [9.17, 15) is 23.4 Å². The van der Waals surface area contributed by atoms with Crippen molar-refractivity contribution >= 4 is 16.2 Å². The largest absolute Gasteiger partial charge is 0.393 e. The zero-order chi connectivity index (χ0) is 29.9. The second-order valence-corrected chi connectivity index (χ2v) is 16.9. The average Bonchev–Trinajstić information content (AvgIpc) is 3.43. The number of carbonyl (C=O) groups excluding carboxylic acids is 1. The predicted octanol–water partition coefficient (Wildman–Crippen LogP) is 5.06. The lowest BCUT2D eigenvalue weighted by Crippen LogP contribution is -2.62. The van der Waals surface area contributed by atoms with E-state index in [1.807, 2.05) is 13.8 Å². The van der Waals surface area contributed by atoms with Gasteiger partial charge in [0.15, 0.2) is 0 Å². The molecule has 5 rings (SSSR count). The smallest absolute Gasteiger partial charge is 0.329 e. The summed E-state index contributed by atoms with van der Waals surface area (Å²) in [7, 11) is -3.86. The fourth-order valence-corrected chi connectivity index (χ4v) is 13.0. The summed E-state index contributed by atoms with van der Waals surface area (Å²) >= 11 is 0. The van der Waals surface area contributed by atoms with Crippen molar-refractivity contribution in [2.45, 2.75) is 136 Å². The Kier molecular flexibility index (Phi) is 8.88. The number of nitrogens with one attached hydrogen (secondary N) is 2. The van der Waals surface area contributed by atoms with E-state index in [-0.39, 0.29) is 41.0 Å². The standard InChI is InChI=1S/C32H57N3O5S/c1-7-23-27-18-22(36)12-15-32(27,6)26-13-16-31(5)24(10-11-25(31)28(26)29(23)37)19(2)14-17-33-30(38)34-41(39,40)35-20(3)8-9-21(35)4/h19-29,36-37H,7-18H2,1-6H3,(H2,33,34,38)/t19-,20?,21?,22-,23-,24-,25+,26+,27+,28+,29-,31-,32-/m1/s1. The molecule has 2 amide bonds. The van der Waals surface area contributed by atoms with Gasteiger partial charge < -0.3 is 15.5 Å². The Balaban J connectivity index is 1.21. The summed E-state index contributed by atoms with van der Waals surface area (Å²) in [6.45, 7) is 13.7. The van der Waals surface area contributed by atoms with E-state index in [2.05, 4.69) is 37.7 Å². The van der Waals surface area contributed by atoms with E-state index >= 15 is 0 Å². The highest BCUT2D eigenvalue weighted by atomic mass is 32.2. The third-order valence-electron chi connectivity index (χ3n) is 13.4. The first kappa shape index (κ1) is 31.5. The Morgan fingerprint density at radius 2 is 1.59 bits per heavy atom. The van der Waals surface area contributed by atoms with Crippen LogP contribution in [0.1, 0.15) is 112 Å². The maximum atomic E-state index is 12.8. The Labute approximate surface area is 249 Å². The van der Waals surface area contributed by atoms with E-state index in [0.29, 0.717) is 42.1 Å². The van der Waals surface area contributed by atoms with Crippen molar-refractivity contribution in [3.63, 3.8) is 0 Å². The molecule has 1 saturated heterocycles. The summed E-state index contributed by atoms with van der Waals surface area (Å²) in [5.74, 6) is 2.96. The molecule has 1 heterocycles. The van der Waals surface area contributed by atoms with Crippen LogP contribution in [0.4, 0.5) is 4.79 Å². The van der Waals surface area contributed by atoms with E-state index < -0.39 is 16.2 Å². The van der Waals surface area contributed by atoms with Crippen molar-refractivity contribution in [1.82, 2.24) is 14.3 Å². The highest BCUT2D eigenvalue weighted by molar-refractivity contribution is 7.87. The molecule has 5 fully saturated rings. The van der Waals surface area contributed by atoms with Crippen molar-refractivity contribution < 1.29 is 23.4 Å². The molecule has 0 aromatic rings. The van der Waals surface area contributed by atoms with Gasteiger partial charge in [0.2, 0.25) is 0 Å². The molecule has 0 bridgehead atoms. The van der Waals surface area contributed by atoms with Gasteiger partial charge in [-0.05, 0) is 130 Å². The molecule has 1 aliphatic heterocycles. The Morgan fingerprint density at radius 1 is 0.951 bits per heavy atom. The Hall–Kier alpha value is -0.900. The number of rotatable bonds is 7. The molecule has 236 valence electrons. The van der Waals surface area contributed by atoms with Gasteiger partial charge in [-0.2, -0.15) is 12.7 Å². The first-order valence-electron chi connectivity index (χ1n) is 16.7. The maximum Gasteiger partial charge on any atom is 0.329 e. The van der Waals surface area contributed by atoms with Gasteiger partial charge in [-0.1, -0.05) is 34.1 Å². The van der Waals surface area contributed by atoms with Crippen LogP contribution in [0.25, 0.3) is 0 Å². The first-order valence-corrected chi connectivity index (χ1v) is 18.1. The molecular formula is C32H57N3O5S. The zero-order valence-electron chi connectivity index (χ0n) is 26.3. The molecule has 13 atom stereocenters. The van der Waals surface area contributed by atoms with Crippen LogP contribution in [0.5, 0.6) is 0 Å². The molecule has 2 unspecified atom stereocenters. The van der Waals surface area contributed by atoms with Crippen LogP contribution in [-0.2, 0) is 10.2 Å². The van der Waals surface area contributed by atoms with Crippen molar-refractivity contribution in [3.8, 4) is 0 Å². The number of amides is 2. The van der Waals surface area contributed by atoms with E-state index in [4.69, 9.17) is 0 Å². The van der Waals surface area contributed by atoms with Gasteiger partial charge in [0.25, 0.3) is 0 Å². The minimum atomic E-state index is -3.86. The highest BCUT2D eigenvalue weighted by Gasteiger charge is 2.64. The molecular weight excluding hydrogens is 538 g/mol. The summed E-state index contributed by atoms with van der Waals surface area (Å²) in [4.78, 5) is 12.6. The molecule has 8 nitrogen and oxygen atoms in total. The summed E-state index contributed by atoms with van der Waals surface area (Å²) in [6, 6.07) is -0.847. The molecule has 4 N–H and O–H groups in total. The van der Waals surface area contributed by atoms with Crippen LogP contribution in [0, 0.1) is 52.3 Å². The van der Waals surface area contributed by atoms with Crippen LogP contribution in [0.2, 0.25) is 0 Å². The quantitative estimate of drug-likeness (QED) is 0.328. The summed E-state index contributed by atoms with van der Waals surface area (Å²) in [6.07, 6.45) is 10.3. The summed E-state index contributed by atoms with van der Waals surface area (Å²) < 4.78 is 29.3. The SMILES string of the molecule is CC[C@H]1[C@@H](O)[C@@H]2[C@H](CC[C@]3(C)[C@@H]([C@H](C)CCNC(=O)NS(=O)(=O)N4C(C)CCC4C)CC[C@@H]23)[C@@]2(C)CC[C@@H](O)C[C@@H]12. The number of hydrogen-bond donors (Lipinski definition) is 4. The molecule has 9 heteroatoms. The van der Waals surface area contributed by atoms with Gasteiger partial charge in [0.05, 0.1) is 12.2 Å². The first-order chi connectivity index (χ1) is 19.2. The predicted molar refractivity (Wildman–Crippen MR) is 161 cm³/mol. The van der Waals surface area contributed by atoms with E-state index in [1.165, 1.54) is 10.7 Å². The van der Waals surface area contributed by atoms with Crippen LogP contribution < -0.4 is 10.0 Å². The molecule has 0 spiro atoms. The van der Waals surface area contributed by atoms with Crippen molar-refractivity contribution in [2.75, 3.05) is 6.54 Å². The third-order valence-corrected chi connectivity index (χ3v) is 15.1. The number of fused-ring (bicyclic) bond motifs is 5.